The molecule has 0 bridgehead atoms. The van der Waals surface area contributed by atoms with Crippen molar-refractivity contribution in [1.82, 2.24) is 5.32 Å². The van der Waals surface area contributed by atoms with Crippen molar-refractivity contribution in [3.8, 4) is 0 Å². The van der Waals surface area contributed by atoms with Crippen LogP contribution in [0.3, 0.4) is 0 Å². The molecule has 0 aromatic carbocycles. The van der Waals surface area contributed by atoms with Crippen LogP contribution in [0.25, 0.3) is 0 Å². The molecule has 1 saturated heterocycles. The molecular weight excluding hydrogens is 216 g/mol. The third-order valence-corrected chi connectivity index (χ3v) is 4.10. The second-order valence-corrected chi connectivity index (χ2v) is 5.74. The van der Waals surface area contributed by atoms with Crippen molar-refractivity contribution in [2.24, 2.45) is 11.7 Å². The minimum Gasteiger partial charge on any atom is -0.379 e. The smallest absolute Gasteiger partial charge is 0.242 e. The van der Waals surface area contributed by atoms with Gasteiger partial charge >= 0.3 is 0 Å². The molecule has 3 atom stereocenters. The van der Waals surface area contributed by atoms with E-state index in [1.54, 1.807) is 0 Å². The van der Waals surface area contributed by atoms with Gasteiger partial charge in [-0.3, -0.25) is 4.79 Å². The van der Waals surface area contributed by atoms with Crippen LogP contribution in [-0.4, -0.2) is 30.7 Å². The predicted octanol–water partition coefficient (Wildman–Crippen LogP) is 1.19. The average Bonchev–Trinajstić information content (AvgIpc) is 2.64. The molecule has 1 amide bonds. The Morgan fingerprint density at radius 2 is 2.18 bits per heavy atom. The maximum atomic E-state index is 12.1. The second-order valence-electron chi connectivity index (χ2n) is 5.74. The van der Waals surface area contributed by atoms with E-state index in [2.05, 4.69) is 12.2 Å². The van der Waals surface area contributed by atoms with Crippen LogP contribution in [0.15, 0.2) is 0 Å². The van der Waals surface area contributed by atoms with Crippen LogP contribution in [0.2, 0.25) is 0 Å². The summed E-state index contributed by atoms with van der Waals surface area (Å²) >= 11 is 0. The van der Waals surface area contributed by atoms with E-state index in [0.717, 1.165) is 18.8 Å². The first-order valence-electron chi connectivity index (χ1n) is 6.78. The van der Waals surface area contributed by atoms with E-state index in [4.69, 9.17) is 10.5 Å². The maximum absolute atomic E-state index is 12.1. The average molecular weight is 240 g/mol. The van der Waals surface area contributed by atoms with Gasteiger partial charge in [-0.1, -0.05) is 19.8 Å². The molecule has 1 saturated carbocycles. The normalized spacial score (nSPS) is 38.7. The Morgan fingerprint density at radius 3 is 2.88 bits per heavy atom. The molecule has 0 aromatic heterocycles. The van der Waals surface area contributed by atoms with Crippen molar-refractivity contribution in [1.29, 1.82) is 0 Å². The zero-order valence-corrected chi connectivity index (χ0v) is 10.7. The van der Waals surface area contributed by atoms with Gasteiger partial charge in [0.05, 0.1) is 6.61 Å². The van der Waals surface area contributed by atoms with E-state index < -0.39 is 5.54 Å². The molecule has 0 spiro atoms. The highest BCUT2D eigenvalue weighted by molar-refractivity contribution is 5.86. The lowest BCUT2D eigenvalue weighted by Gasteiger charge is -2.25. The van der Waals surface area contributed by atoms with Crippen LogP contribution in [0.1, 0.15) is 45.4 Å². The highest BCUT2D eigenvalue weighted by Gasteiger charge is 2.39. The van der Waals surface area contributed by atoms with Crippen LogP contribution in [-0.2, 0) is 9.53 Å². The van der Waals surface area contributed by atoms with E-state index in [0.29, 0.717) is 25.7 Å². The molecule has 1 aliphatic carbocycles. The number of rotatable bonds is 2. The van der Waals surface area contributed by atoms with E-state index >= 15 is 0 Å². The standard InChI is InChI=1S/C13H24N2O2/c1-10-3-2-4-11(6-5-10)15-12(16)13(14)7-8-17-9-13/h10-11H,2-9,14H2,1H3,(H,15,16). The number of carbonyl (C=O) groups is 1. The molecule has 1 aliphatic heterocycles. The zero-order valence-electron chi connectivity index (χ0n) is 10.7. The molecule has 0 radical (unpaired) electrons. The zero-order chi connectivity index (χ0) is 12.3. The van der Waals surface area contributed by atoms with Gasteiger partial charge in [0, 0.05) is 12.6 Å². The van der Waals surface area contributed by atoms with Crippen molar-refractivity contribution in [3.63, 3.8) is 0 Å². The van der Waals surface area contributed by atoms with Gasteiger partial charge in [-0.2, -0.15) is 0 Å². The van der Waals surface area contributed by atoms with Crippen molar-refractivity contribution in [3.05, 3.63) is 0 Å². The van der Waals surface area contributed by atoms with Crippen molar-refractivity contribution in [2.75, 3.05) is 13.2 Å². The molecule has 2 aliphatic rings. The summed E-state index contributed by atoms with van der Waals surface area (Å²) in [5.74, 6) is 0.771. The van der Waals surface area contributed by atoms with Gasteiger partial charge < -0.3 is 15.8 Å². The van der Waals surface area contributed by atoms with Crippen LogP contribution >= 0.6 is 0 Å². The summed E-state index contributed by atoms with van der Waals surface area (Å²) in [5, 5.41) is 3.12. The fourth-order valence-electron chi connectivity index (χ4n) is 2.72. The third kappa shape index (κ3) is 3.19. The van der Waals surface area contributed by atoms with Crippen LogP contribution in [0.5, 0.6) is 0 Å². The minimum atomic E-state index is -0.780. The molecule has 2 rings (SSSR count). The van der Waals surface area contributed by atoms with E-state index in [-0.39, 0.29) is 5.91 Å². The number of hydrogen-bond acceptors (Lipinski definition) is 3. The Labute approximate surface area is 103 Å². The van der Waals surface area contributed by atoms with Crippen molar-refractivity contribution < 1.29 is 9.53 Å². The van der Waals surface area contributed by atoms with Gasteiger partial charge in [0.2, 0.25) is 5.91 Å². The van der Waals surface area contributed by atoms with Gasteiger partial charge in [-0.15, -0.1) is 0 Å². The summed E-state index contributed by atoms with van der Waals surface area (Å²) in [6, 6.07) is 0.313. The Kier molecular flexibility index (Phi) is 4.05. The highest BCUT2D eigenvalue weighted by Crippen LogP contribution is 2.23. The molecule has 3 unspecified atom stereocenters. The fraction of sp³-hybridized carbons (Fsp3) is 0.923. The summed E-state index contributed by atoms with van der Waals surface area (Å²) in [7, 11) is 0. The van der Waals surface area contributed by atoms with Crippen LogP contribution in [0.4, 0.5) is 0 Å². The molecule has 3 N–H and O–H groups in total. The largest absolute Gasteiger partial charge is 0.379 e. The van der Waals surface area contributed by atoms with Crippen molar-refractivity contribution >= 4 is 5.91 Å². The molecule has 17 heavy (non-hydrogen) atoms. The van der Waals surface area contributed by atoms with Gasteiger partial charge in [0.25, 0.3) is 0 Å². The van der Waals surface area contributed by atoms with Crippen LogP contribution in [0, 0.1) is 5.92 Å². The first kappa shape index (κ1) is 12.8. The van der Waals surface area contributed by atoms with Gasteiger partial charge in [0.15, 0.2) is 0 Å². The SMILES string of the molecule is CC1CCCC(NC(=O)C2(N)CCOC2)CC1. The molecule has 4 nitrogen and oxygen atoms in total. The molecule has 2 fully saturated rings. The van der Waals surface area contributed by atoms with Gasteiger partial charge in [0.1, 0.15) is 5.54 Å². The summed E-state index contributed by atoms with van der Waals surface area (Å²) in [4.78, 5) is 12.1. The Morgan fingerprint density at radius 1 is 1.35 bits per heavy atom. The minimum absolute atomic E-state index is 0.0189. The second kappa shape index (κ2) is 5.36. The first-order chi connectivity index (χ1) is 8.10. The maximum Gasteiger partial charge on any atom is 0.242 e. The highest BCUT2D eigenvalue weighted by atomic mass is 16.5. The summed E-state index contributed by atoms with van der Waals surface area (Å²) in [6.45, 7) is 3.26. The lowest BCUT2D eigenvalue weighted by atomic mass is 9.97. The Balaban J connectivity index is 1.85. The number of nitrogens with two attached hydrogens (primary N) is 1. The van der Waals surface area contributed by atoms with Gasteiger partial charge in [-0.25, -0.2) is 0 Å². The summed E-state index contributed by atoms with van der Waals surface area (Å²) in [6.07, 6.45) is 6.52. The van der Waals surface area contributed by atoms with E-state index in [9.17, 15) is 4.79 Å². The van der Waals surface area contributed by atoms with E-state index in [1.165, 1.54) is 19.3 Å². The Hall–Kier alpha value is -0.610. The quantitative estimate of drug-likeness (QED) is 0.713. The van der Waals surface area contributed by atoms with Gasteiger partial charge in [-0.05, 0) is 31.6 Å². The molecule has 0 aromatic rings. The number of amides is 1. The summed E-state index contributed by atoms with van der Waals surface area (Å²) in [5.41, 5.74) is 5.27. The first-order valence-corrected chi connectivity index (χ1v) is 6.78. The summed E-state index contributed by atoms with van der Waals surface area (Å²) < 4.78 is 5.23. The number of hydrogen-bond donors (Lipinski definition) is 2. The molecular formula is C13H24N2O2. The fourth-order valence-corrected chi connectivity index (χ4v) is 2.72. The van der Waals surface area contributed by atoms with Crippen molar-refractivity contribution in [2.45, 2.75) is 57.0 Å². The van der Waals surface area contributed by atoms with Crippen LogP contribution < -0.4 is 11.1 Å². The Bertz CT molecular complexity index is 275. The number of ether oxygens (including phenoxy) is 1. The monoisotopic (exact) mass is 240 g/mol. The number of nitrogens with one attached hydrogen (secondary N) is 1. The molecule has 1 heterocycles. The lowest BCUT2D eigenvalue weighted by Crippen LogP contribution is -2.56. The number of carbonyl (C=O) groups excluding carboxylic acids is 1. The molecule has 98 valence electrons. The molecule has 4 heteroatoms. The predicted molar refractivity (Wildman–Crippen MR) is 66.5 cm³/mol. The topological polar surface area (TPSA) is 64.4 Å². The van der Waals surface area contributed by atoms with E-state index in [1.807, 2.05) is 0 Å². The lowest BCUT2D eigenvalue weighted by molar-refractivity contribution is -0.127. The third-order valence-electron chi connectivity index (χ3n) is 4.10.